The number of piperidine rings is 2. The number of Topliss-reactive ketones (excluding diaryl/α,β-unsaturated/α-hetero) is 1. The summed E-state index contributed by atoms with van der Waals surface area (Å²) >= 11 is 0. The number of nitrogens with zero attached hydrogens (tertiary/aromatic N) is 2. The zero-order chi connectivity index (χ0) is 37.9. The fraction of sp³-hybridized carbons (Fsp3) is 0.763. The Kier molecular flexibility index (Phi) is 12.4. The smallest absolute Gasteiger partial charge is 0.315 e. The van der Waals surface area contributed by atoms with Gasteiger partial charge in [0.1, 0.15) is 12.1 Å². The summed E-state index contributed by atoms with van der Waals surface area (Å²) in [5.41, 5.74) is -1.32. The molecule has 6 atom stereocenters. The molecular formula is C38H60N6O7. The normalized spacial score (nSPS) is 25.5. The van der Waals surface area contributed by atoms with Crippen LogP contribution in [0.4, 0.5) is 4.79 Å². The first kappa shape index (κ1) is 40.0. The summed E-state index contributed by atoms with van der Waals surface area (Å²) in [4.78, 5) is 96.6. The number of rotatable bonds is 14. The number of amides is 7. The Morgan fingerprint density at radius 3 is 2.14 bits per heavy atom. The van der Waals surface area contributed by atoms with Gasteiger partial charge < -0.3 is 26.2 Å². The summed E-state index contributed by atoms with van der Waals surface area (Å²) < 4.78 is 0. The molecule has 0 aromatic rings. The molecule has 2 saturated heterocycles. The van der Waals surface area contributed by atoms with Crippen molar-refractivity contribution in [3.8, 4) is 0 Å². The van der Waals surface area contributed by atoms with Gasteiger partial charge in [0.15, 0.2) is 0 Å². The van der Waals surface area contributed by atoms with E-state index in [0.29, 0.717) is 32.2 Å². The minimum atomic E-state index is -1.05. The van der Waals surface area contributed by atoms with Gasteiger partial charge in [-0.15, -0.1) is 6.58 Å². The van der Waals surface area contributed by atoms with E-state index < -0.39 is 58.6 Å². The van der Waals surface area contributed by atoms with Gasteiger partial charge in [0, 0.05) is 32.5 Å². The molecule has 1 unspecified atom stereocenters. The molecule has 4 aliphatic rings. The van der Waals surface area contributed by atoms with Crippen LogP contribution in [0.5, 0.6) is 0 Å². The molecular weight excluding hydrogens is 652 g/mol. The zero-order valence-corrected chi connectivity index (χ0v) is 31.7. The van der Waals surface area contributed by atoms with Gasteiger partial charge in [0.05, 0.1) is 12.1 Å². The predicted octanol–water partition coefficient (Wildman–Crippen LogP) is 3.22. The molecule has 2 heterocycles. The minimum absolute atomic E-state index is 0.0283. The molecule has 4 N–H and O–H groups in total. The van der Waals surface area contributed by atoms with E-state index in [0.717, 1.165) is 19.3 Å². The van der Waals surface area contributed by atoms with Crippen LogP contribution in [0.1, 0.15) is 113 Å². The number of carbonyl (C=O) groups excluding carboxylic acids is 7. The fourth-order valence-corrected chi connectivity index (χ4v) is 8.44. The maximum absolute atomic E-state index is 14.8. The summed E-state index contributed by atoms with van der Waals surface area (Å²) in [6.07, 6.45) is 7.57. The number of urea groups is 1. The van der Waals surface area contributed by atoms with Crippen molar-refractivity contribution in [2.45, 2.75) is 137 Å². The molecule has 2 aliphatic heterocycles. The zero-order valence-electron chi connectivity index (χ0n) is 31.7. The van der Waals surface area contributed by atoms with Crippen molar-refractivity contribution in [2.75, 3.05) is 19.6 Å². The van der Waals surface area contributed by atoms with E-state index in [9.17, 15) is 33.6 Å². The molecule has 13 nitrogen and oxygen atoms in total. The first-order valence-corrected chi connectivity index (χ1v) is 18.8. The van der Waals surface area contributed by atoms with E-state index in [4.69, 9.17) is 0 Å². The van der Waals surface area contributed by atoms with Crippen LogP contribution in [-0.4, -0.2) is 95.0 Å². The van der Waals surface area contributed by atoms with E-state index in [1.54, 1.807) is 4.90 Å². The molecule has 4 fully saturated rings. The third-order valence-corrected chi connectivity index (χ3v) is 11.9. The third-order valence-electron chi connectivity index (χ3n) is 11.9. The number of imide groups is 1. The summed E-state index contributed by atoms with van der Waals surface area (Å²) in [5.74, 6) is -2.99. The first-order chi connectivity index (χ1) is 23.9. The van der Waals surface area contributed by atoms with Gasteiger partial charge >= 0.3 is 6.03 Å². The number of hydrogen-bond donors (Lipinski definition) is 4. The average molecular weight is 713 g/mol. The summed E-state index contributed by atoms with van der Waals surface area (Å²) in [6.45, 7) is 17.8. The monoisotopic (exact) mass is 712 g/mol. The molecule has 2 aliphatic carbocycles. The highest BCUT2D eigenvalue weighted by atomic mass is 16.2. The van der Waals surface area contributed by atoms with Crippen LogP contribution >= 0.6 is 0 Å². The van der Waals surface area contributed by atoms with Crippen LogP contribution in [0, 0.1) is 28.1 Å². The lowest BCUT2D eigenvalue weighted by Crippen LogP contribution is -2.64. The maximum Gasteiger partial charge on any atom is 0.315 e. The van der Waals surface area contributed by atoms with Crippen molar-refractivity contribution in [2.24, 2.45) is 28.1 Å². The molecule has 0 aromatic carbocycles. The fourth-order valence-electron chi connectivity index (χ4n) is 8.44. The SMILES string of the molecule is C=CCNC(=O)C(=O)C(CCC)NC(=O)[C@@H]1[C@@H]2[C@H](CN1C(=O)[C@@H](NC(=O)N[C@H](CN1C(=O)CCCC1=O)C(C)(C)C)C1(C)CCCCC1)C2(C)C. The van der Waals surface area contributed by atoms with Crippen molar-refractivity contribution in [3.63, 3.8) is 0 Å². The van der Waals surface area contributed by atoms with E-state index in [-0.39, 0.29) is 67.3 Å². The highest BCUT2D eigenvalue weighted by Gasteiger charge is 2.70. The second-order valence-corrected chi connectivity index (χ2v) is 17.0. The molecule has 0 spiro atoms. The summed E-state index contributed by atoms with van der Waals surface area (Å²) in [6, 6.07) is -4.05. The third kappa shape index (κ3) is 8.83. The molecule has 284 valence electrons. The van der Waals surface area contributed by atoms with E-state index in [1.165, 1.54) is 11.0 Å². The van der Waals surface area contributed by atoms with Gasteiger partial charge in [-0.1, -0.05) is 80.2 Å². The van der Waals surface area contributed by atoms with Crippen LogP contribution in [-0.2, 0) is 28.8 Å². The molecule has 51 heavy (non-hydrogen) atoms. The molecule has 4 rings (SSSR count). The van der Waals surface area contributed by atoms with Crippen molar-refractivity contribution in [1.29, 1.82) is 0 Å². The lowest BCUT2D eigenvalue weighted by Gasteiger charge is -2.43. The Morgan fingerprint density at radius 1 is 0.941 bits per heavy atom. The van der Waals surface area contributed by atoms with Crippen LogP contribution < -0.4 is 21.3 Å². The largest absolute Gasteiger partial charge is 0.346 e. The molecule has 13 heteroatoms. The topological polar surface area (TPSA) is 174 Å². The van der Waals surface area contributed by atoms with Gasteiger partial charge in [-0.3, -0.25) is 33.7 Å². The number of carbonyl (C=O) groups is 7. The predicted molar refractivity (Wildman–Crippen MR) is 192 cm³/mol. The van der Waals surface area contributed by atoms with Crippen LogP contribution in [0.25, 0.3) is 0 Å². The van der Waals surface area contributed by atoms with Crippen LogP contribution in [0.15, 0.2) is 12.7 Å². The molecule has 0 bridgehead atoms. The number of ketones is 1. The Labute approximate surface area is 302 Å². The van der Waals surface area contributed by atoms with Gasteiger partial charge in [0.25, 0.3) is 5.91 Å². The van der Waals surface area contributed by atoms with Gasteiger partial charge in [-0.2, -0.15) is 0 Å². The van der Waals surface area contributed by atoms with Crippen molar-refractivity contribution < 1.29 is 33.6 Å². The number of fused-ring (bicyclic) bond motifs is 1. The Morgan fingerprint density at radius 2 is 1.57 bits per heavy atom. The van der Waals surface area contributed by atoms with Crippen LogP contribution in [0.3, 0.4) is 0 Å². The molecule has 7 amide bonds. The average Bonchev–Trinajstić information content (AvgIpc) is 3.37. The Bertz CT molecular complexity index is 1380. The number of hydrogen-bond acceptors (Lipinski definition) is 7. The molecule has 2 saturated carbocycles. The van der Waals surface area contributed by atoms with Gasteiger partial charge in [-0.25, -0.2) is 4.79 Å². The number of likely N-dealkylation sites (tertiary alicyclic amines) is 2. The van der Waals surface area contributed by atoms with Crippen LogP contribution in [0.2, 0.25) is 0 Å². The van der Waals surface area contributed by atoms with Crippen molar-refractivity contribution in [3.05, 3.63) is 12.7 Å². The maximum atomic E-state index is 14.8. The number of nitrogens with one attached hydrogen (secondary N) is 4. The molecule has 0 aromatic heterocycles. The minimum Gasteiger partial charge on any atom is -0.346 e. The van der Waals surface area contributed by atoms with Crippen molar-refractivity contribution in [1.82, 2.24) is 31.1 Å². The van der Waals surface area contributed by atoms with Gasteiger partial charge in [-0.05, 0) is 53.8 Å². The summed E-state index contributed by atoms with van der Waals surface area (Å²) in [5, 5.41) is 11.3. The Balaban J connectivity index is 1.59. The van der Waals surface area contributed by atoms with E-state index in [1.807, 2.05) is 34.6 Å². The van der Waals surface area contributed by atoms with Crippen molar-refractivity contribution >= 4 is 41.4 Å². The van der Waals surface area contributed by atoms with Gasteiger partial charge in [0.2, 0.25) is 29.4 Å². The lowest BCUT2D eigenvalue weighted by atomic mass is 9.70. The quantitative estimate of drug-likeness (QED) is 0.122. The summed E-state index contributed by atoms with van der Waals surface area (Å²) in [7, 11) is 0. The highest BCUT2D eigenvalue weighted by molar-refractivity contribution is 6.38. The first-order valence-electron chi connectivity index (χ1n) is 18.8. The Hall–Kier alpha value is -3.77. The second-order valence-electron chi connectivity index (χ2n) is 17.0. The standard InChI is InChI=1S/C38H60N6O7/c1-9-15-24(30(47)33(49)39-20-10-2)40-32(48)29-28-23(37(28,6)7)21-44(29)34(50)31(38(8)18-12-11-13-19-38)42-35(51)41-25(36(3,4)5)22-43-26(45)16-14-17-27(43)46/h10,23-25,28-29,31H,2,9,11-22H2,1,3-8H3,(H,39,49)(H,40,48)(H2,41,42,51)/t23-,24?,25+,28-,29-,31+/m0/s1. The van der Waals surface area contributed by atoms with E-state index >= 15 is 0 Å². The lowest BCUT2D eigenvalue weighted by molar-refractivity contribution is -0.148. The second kappa shape index (κ2) is 15.9. The molecule has 0 radical (unpaired) electrons. The van der Waals surface area contributed by atoms with E-state index in [2.05, 4.69) is 41.7 Å². The highest BCUT2D eigenvalue weighted by Crippen LogP contribution is 2.65.